The number of amides is 1. The average Bonchev–Trinajstić information content (AvgIpc) is 2.75. The first-order chi connectivity index (χ1) is 15.0. The quantitative estimate of drug-likeness (QED) is 0.244. The predicted molar refractivity (Wildman–Crippen MR) is 120 cm³/mol. The summed E-state index contributed by atoms with van der Waals surface area (Å²) in [6, 6.07) is 18.7. The average molecular weight is 437 g/mol. The number of benzene rings is 3. The van der Waals surface area contributed by atoms with Crippen molar-refractivity contribution in [1.29, 1.82) is 0 Å². The molecule has 1 N–H and O–H groups in total. The molecule has 3 rings (SSSR count). The molecule has 0 heterocycles. The van der Waals surface area contributed by atoms with Crippen molar-refractivity contribution in [2.24, 2.45) is 5.10 Å². The van der Waals surface area contributed by atoms with Gasteiger partial charge in [0.2, 0.25) is 0 Å². The van der Waals surface area contributed by atoms with Crippen LogP contribution >= 0.6 is 11.6 Å². The lowest BCUT2D eigenvalue weighted by atomic mass is 10.1. The first-order valence-corrected chi connectivity index (χ1v) is 9.98. The van der Waals surface area contributed by atoms with Crippen LogP contribution in [0.1, 0.15) is 38.8 Å². The van der Waals surface area contributed by atoms with E-state index in [1.165, 1.54) is 6.21 Å². The van der Waals surface area contributed by atoms with E-state index in [0.717, 1.165) is 5.56 Å². The van der Waals surface area contributed by atoms with E-state index >= 15 is 0 Å². The van der Waals surface area contributed by atoms with Gasteiger partial charge in [-0.3, -0.25) is 4.79 Å². The minimum Gasteiger partial charge on any atom is -0.490 e. The number of aryl methyl sites for hydroxylation is 1. The van der Waals surface area contributed by atoms with Crippen LogP contribution in [0.3, 0.4) is 0 Å². The molecule has 3 aromatic rings. The molecule has 158 valence electrons. The molecule has 0 bridgehead atoms. The second kappa shape index (κ2) is 10.4. The van der Waals surface area contributed by atoms with Gasteiger partial charge in [-0.15, -0.1) is 0 Å². The van der Waals surface area contributed by atoms with Crippen LogP contribution in [0.2, 0.25) is 5.02 Å². The number of hydrogen-bond acceptors (Lipinski definition) is 5. The maximum absolute atomic E-state index is 12.5. The van der Waals surface area contributed by atoms with Gasteiger partial charge in [0, 0.05) is 10.6 Å². The van der Waals surface area contributed by atoms with Gasteiger partial charge in [0.15, 0.2) is 11.5 Å². The largest absolute Gasteiger partial charge is 0.490 e. The number of halogens is 1. The predicted octanol–water partition coefficient (Wildman–Crippen LogP) is 5.03. The lowest BCUT2D eigenvalue weighted by molar-refractivity contribution is 0.0728. The van der Waals surface area contributed by atoms with Crippen molar-refractivity contribution in [2.45, 2.75) is 13.8 Å². The Morgan fingerprint density at radius 2 is 1.77 bits per heavy atom. The second-order valence-electron chi connectivity index (χ2n) is 6.61. The number of rotatable bonds is 7. The Bertz CT molecular complexity index is 1130. The Hall–Kier alpha value is -3.64. The van der Waals surface area contributed by atoms with Crippen LogP contribution in [0.15, 0.2) is 71.8 Å². The molecule has 7 heteroatoms. The van der Waals surface area contributed by atoms with E-state index in [2.05, 4.69) is 10.5 Å². The molecule has 0 saturated heterocycles. The highest BCUT2D eigenvalue weighted by Crippen LogP contribution is 2.29. The molecule has 3 aromatic carbocycles. The van der Waals surface area contributed by atoms with Gasteiger partial charge in [-0.2, -0.15) is 5.10 Å². The highest BCUT2D eigenvalue weighted by Gasteiger charge is 2.13. The maximum atomic E-state index is 12.5. The molecule has 0 atom stereocenters. The Kier molecular flexibility index (Phi) is 7.40. The summed E-state index contributed by atoms with van der Waals surface area (Å²) in [4.78, 5) is 24.6. The summed E-state index contributed by atoms with van der Waals surface area (Å²) >= 11 is 5.90. The third kappa shape index (κ3) is 6.17. The molecule has 6 nitrogen and oxygen atoms in total. The normalized spacial score (nSPS) is 10.7. The van der Waals surface area contributed by atoms with E-state index < -0.39 is 5.97 Å². The highest BCUT2D eigenvalue weighted by atomic mass is 35.5. The minimum atomic E-state index is -0.472. The fourth-order valence-electron chi connectivity index (χ4n) is 2.75. The summed E-state index contributed by atoms with van der Waals surface area (Å²) in [5.74, 6) is -0.158. The monoisotopic (exact) mass is 436 g/mol. The summed E-state index contributed by atoms with van der Waals surface area (Å²) in [5.41, 5.74) is 4.92. The van der Waals surface area contributed by atoms with Crippen LogP contribution in [-0.4, -0.2) is 24.7 Å². The zero-order valence-electron chi connectivity index (χ0n) is 17.1. The van der Waals surface area contributed by atoms with Gasteiger partial charge in [0.1, 0.15) is 0 Å². The van der Waals surface area contributed by atoms with E-state index in [-0.39, 0.29) is 5.91 Å². The molecule has 0 aromatic heterocycles. The van der Waals surface area contributed by atoms with Gasteiger partial charge in [0.25, 0.3) is 5.91 Å². The molecule has 0 aliphatic heterocycles. The molecule has 0 radical (unpaired) electrons. The smallest absolute Gasteiger partial charge is 0.343 e. The standard InChI is InChI=1S/C24H21ClN2O4/c1-3-30-22-13-17(15-26-27-23(28)18-7-5-9-20(25)14-18)10-11-21(22)31-24(29)19-8-4-6-16(2)12-19/h4-15H,3H2,1-2H3,(H,27,28)/b26-15+. The molecule has 0 fully saturated rings. The van der Waals surface area contributed by atoms with Crippen LogP contribution in [-0.2, 0) is 0 Å². The SMILES string of the molecule is CCOc1cc(/C=N/NC(=O)c2cccc(Cl)c2)ccc1OC(=O)c1cccc(C)c1. The second-order valence-corrected chi connectivity index (χ2v) is 7.04. The number of ether oxygens (including phenoxy) is 2. The van der Waals surface area contributed by atoms with Crippen LogP contribution < -0.4 is 14.9 Å². The number of hydrazone groups is 1. The van der Waals surface area contributed by atoms with Gasteiger partial charge in [-0.25, -0.2) is 10.2 Å². The molecule has 1 amide bonds. The van der Waals surface area contributed by atoms with Crippen LogP contribution in [0.25, 0.3) is 0 Å². The van der Waals surface area contributed by atoms with E-state index in [1.807, 2.05) is 19.9 Å². The van der Waals surface area contributed by atoms with Crippen molar-refractivity contribution in [3.63, 3.8) is 0 Å². The van der Waals surface area contributed by atoms with Gasteiger partial charge < -0.3 is 9.47 Å². The Morgan fingerprint density at radius 3 is 2.52 bits per heavy atom. The lowest BCUT2D eigenvalue weighted by Crippen LogP contribution is -2.17. The molecule has 0 unspecified atom stereocenters. The summed E-state index contributed by atoms with van der Waals surface area (Å²) in [5, 5.41) is 4.43. The van der Waals surface area contributed by atoms with Crippen LogP contribution in [0.5, 0.6) is 11.5 Å². The van der Waals surface area contributed by atoms with E-state index in [0.29, 0.717) is 39.8 Å². The molecule has 0 aliphatic rings. The first-order valence-electron chi connectivity index (χ1n) is 9.61. The Morgan fingerprint density at radius 1 is 1.00 bits per heavy atom. The van der Waals surface area contributed by atoms with Crippen molar-refractivity contribution in [3.8, 4) is 11.5 Å². The first kappa shape index (κ1) is 22.1. The number of nitrogens with one attached hydrogen (secondary N) is 1. The van der Waals surface area contributed by atoms with E-state index in [9.17, 15) is 9.59 Å². The fourth-order valence-corrected chi connectivity index (χ4v) is 2.94. The maximum Gasteiger partial charge on any atom is 0.343 e. The Balaban J connectivity index is 1.71. The van der Waals surface area contributed by atoms with Crippen LogP contribution in [0, 0.1) is 6.92 Å². The number of carbonyl (C=O) groups excluding carboxylic acids is 2. The van der Waals surface area contributed by atoms with Crippen molar-refractivity contribution >= 4 is 29.7 Å². The number of esters is 1. The van der Waals surface area contributed by atoms with E-state index in [4.69, 9.17) is 21.1 Å². The minimum absolute atomic E-state index is 0.300. The third-order valence-corrected chi connectivity index (χ3v) is 4.43. The number of nitrogens with zero attached hydrogens (tertiary/aromatic N) is 1. The van der Waals surface area contributed by atoms with Crippen molar-refractivity contribution in [2.75, 3.05) is 6.61 Å². The zero-order valence-corrected chi connectivity index (χ0v) is 17.8. The van der Waals surface area contributed by atoms with Crippen molar-refractivity contribution in [3.05, 3.63) is 94.0 Å². The summed E-state index contributed by atoms with van der Waals surface area (Å²) < 4.78 is 11.1. The number of hydrogen-bond donors (Lipinski definition) is 1. The molecular weight excluding hydrogens is 416 g/mol. The molecule has 0 spiro atoms. The fraction of sp³-hybridized carbons (Fsp3) is 0.125. The molecule has 31 heavy (non-hydrogen) atoms. The summed E-state index contributed by atoms with van der Waals surface area (Å²) in [6.07, 6.45) is 1.47. The molecule has 0 saturated carbocycles. The summed E-state index contributed by atoms with van der Waals surface area (Å²) in [7, 11) is 0. The molecular formula is C24H21ClN2O4. The summed E-state index contributed by atoms with van der Waals surface area (Å²) in [6.45, 7) is 4.13. The highest BCUT2D eigenvalue weighted by molar-refractivity contribution is 6.30. The Labute approximate surface area is 185 Å². The zero-order chi connectivity index (χ0) is 22.2. The van der Waals surface area contributed by atoms with E-state index in [1.54, 1.807) is 60.7 Å². The van der Waals surface area contributed by atoms with Gasteiger partial charge in [-0.1, -0.05) is 35.4 Å². The van der Waals surface area contributed by atoms with Crippen molar-refractivity contribution < 1.29 is 19.1 Å². The third-order valence-electron chi connectivity index (χ3n) is 4.19. The molecule has 0 aliphatic carbocycles. The van der Waals surface area contributed by atoms with Crippen LogP contribution in [0.4, 0.5) is 0 Å². The topological polar surface area (TPSA) is 77.0 Å². The van der Waals surface area contributed by atoms with Gasteiger partial charge >= 0.3 is 5.97 Å². The van der Waals surface area contributed by atoms with Gasteiger partial charge in [0.05, 0.1) is 18.4 Å². The van der Waals surface area contributed by atoms with Crippen molar-refractivity contribution in [1.82, 2.24) is 5.43 Å². The van der Waals surface area contributed by atoms with Gasteiger partial charge in [-0.05, 0) is 67.9 Å². The number of carbonyl (C=O) groups is 2. The lowest BCUT2D eigenvalue weighted by Gasteiger charge is -2.11.